The number of aryl methyl sites for hydroxylation is 2. The zero-order valence-electron chi connectivity index (χ0n) is 14.3. The molecule has 0 atom stereocenters. The van der Waals surface area contributed by atoms with Crippen LogP contribution in [0.3, 0.4) is 0 Å². The summed E-state index contributed by atoms with van der Waals surface area (Å²) in [6, 6.07) is 12.9. The number of halogens is 2. The van der Waals surface area contributed by atoms with Crippen LogP contribution in [0.1, 0.15) is 12.2 Å². The molecule has 1 heterocycles. The highest BCUT2D eigenvalue weighted by molar-refractivity contribution is 6.35. The van der Waals surface area contributed by atoms with E-state index in [9.17, 15) is 4.79 Å². The molecule has 5 nitrogen and oxygen atoms in total. The van der Waals surface area contributed by atoms with Crippen molar-refractivity contribution >= 4 is 40.1 Å². The van der Waals surface area contributed by atoms with Gasteiger partial charge in [-0.1, -0.05) is 35.3 Å². The largest absolute Gasteiger partial charge is 0.482 e. The minimum atomic E-state index is -0.191. The molecule has 0 radical (unpaired) electrons. The number of ether oxygens (including phenoxy) is 1. The molecule has 0 spiro atoms. The van der Waals surface area contributed by atoms with Gasteiger partial charge in [-0.15, -0.1) is 0 Å². The fourth-order valence-corrected chi connectivity index (χ4v) is 3.19. The maximum atomic E-state index is 11.9. The number of carbonyl (C=O) groups is 1. The van der Waals surface area contributed by atoms with Gasteiger partial charge in [0.05, 0.1) is 16.1 Å². The number of imidazole rings is 1. The summed E-state index contributed by atoms with van der Waals surface area (Å²) in [6.07, 6.45) is 0.800. The second kappa shape index (κ2) is 8.43. The zero-order chi connectivity index (χ0) is 18.5. The van der Waals surface area contributed by atoms with Gasteiger partial charge in [-0.25, -0.2) is 4.98 Å². The maximum Gasteiger partial charge on any atom is 0.257 e. The molecule has 7 heteroatoms. The normalized spacial score (nSPS) is 10.9. The van der Waals surface area contributed by atoms with Crippen LogP contribution in [0.4, 0.5) is 0 Å². The van der Waals surface area contributed by atoms with Gasteiger partial charge in [0.15, 0.2) is 6.61 Å². The first-order valence-electron chi connectivity index (χ1n) is 8.31. The van der Waals surface area contributed by atoms with E-state index in [1.165, 1.54) is 0 Å². The highest BCUT2D eigenvalue weighted by Crippen LogP contribution is 2.27. The van der Waals surface area contributed by atoms with E-state index in [1.807, 2.05) is 25.1 Å². The molecule has 0 aliphatic carbocycles. The standard InChI is InChI=1S/C19H19Cl2N3O2/c1-13-23-16-5-2-3-6-17(16)24(13)10-4-9-22-19(25)12-26-18-8-7-14(20)11-15(18)21/h2-3,5-8,11H,4,9-10,12H2,1H3,(H,22,25). The van der Waals surface area contributed by atoms with Crippen LogP contribution in [0.15, 0.2) is 42.5 Å². The molecule has 0 bridgehead atoms. The Labute approximate surface area is 161 Å². The smallest absolute Gasteiger partial charge is 0.257 e. The maximum absolute atomic E-state index is 11.9. The monoisotopic (exact) mass is 391 g/mol. The lowest BCUT2D eigenvalue weighted by Gasteiger charge is -2.10. The molecule has 0 aliphatic heterocycles. The molecule has 0 fully saturated rings. The Morgan fingerprint density at radius 3 is 2.85 bits per heavy atom. The third kappa shape index (κ3) is 4.48. The minimum absolute atomic E-state index is 0.0889. The van der Waals surface area contributed by atoms with Crippen LogP contribution in [0, 0.1) is 6.92 Å². The van der Waals surface area contributed by atoms with Crippen molar-refractivity contribution in [3.63, 3.8) is 0 Å². The van der Waals surface area contributed by atoms with Crippen LogP contribution in [-0.2, 0) is 11.3 Å². The van der Waals surface area contributed by atoms with Gasteiger partial charge >= 0.3 is 0 Å². The van der Waals surface area contributed by atoms with Crippen LogP contribution in [0.2, 0.25) is 10.0 Å². The van der Waals surface area contributed by atoms with Crippen molar-refractivity contribution in [3.05, 3.63) is 58.3 Å². The highest BCUT2D eigenvalue weighted by atomic mass is 35.5. The number of fused-ring (bicyclic) bond motifs is 1. The SMILES string of the molecule is Cc1nc2ccccc2n1CCCNC(=O)COc1ccc(Cl)cc1Cl. The molecule has 1 amide bonds. The van der Waals surface area contributed by atoms with E-state index >= 15 is 0 Å². The van der Waals surface area contributed by atoms with E-state index in [0.717, 1.165) is 29.8 Å². The Hall–Kier alpha value is -2.24. The fourth-order valence-electron chi connectivity index (χ4n) is 2.73. The van der Waals surface area contributed by atoms with Crippen LogP contribution in [0.25, 0.3) is 11.0 Å². The molecule has 2 aromatic carbocycles. The Morgan fingerprint density at radius 2 is 2.04 bits per heavy atom. The topological polar surface area (TPSA) is 56.2 Å². The van der Waals surface area contributed by atoms with E-state index < -0.39 is 0 Å². The lowest BCUT2D eigenvalue weighted by molar-refractivity contribution is -0.123. The second-order valence-electron chi connectivity index (χ2n) is 5.87. The quantitative estimate of drug-likeness (QED) is 0.612. The van der Waals surface area contributed by atoms with Crippen molar-refractivity contribution in [2.45, 2.75) is 19.9 Å². The van der Waals surface area contributed by atoms with Gasteiger partial charge in [-0.2, -0.15) is 0 Å². The van der Waals surface area contributed by atoms with Crippen molar-refractivity contribution in [3.8, 4) is 5.75 Å². The highest BCUT2D eigenvalue weighted by Gasteiger charge is 2.08. The lowest BCUT2D eigenvalue weighted by Crippen LogP contribution is -2.30. The van der Waals surface area contributed by atoms with Gasteiger partial charge in [-0.3, -0.25) is 4.79 Å². The van der Waals surface area contributed by atoms with E-state index in [-0.39, 0.29) is 12.5 Å². The van der Waals surface area contributed by atoms with Crippen molar-refractivity contribution in [2.24, 2.45) is 0 Å². The van der Waals surface area contributed by atoms with Crippen LogP contribution < -0.4 is 10.1 Å². The number of aromatic nitrogens is 2. The second-order valence-corrected chi connectivity index (χ2v) is 6.71. The molecule has 0 unspecified atom stereocenters. The molecule has 1 aromatic heterocycles. The Bertz CT molecular complexity index is 924. The molecular formula is C19H19Cl2N3O2. The predicted octanol–water partition coefficient (Wildman–Crippen LogP) is 4.24. The first-order chi connectivity index (χ1) is 12.5. The number of hydrogen-bond donors (Lipinski definition) is 1. The third-order valence-electron chi connectivity index (χ3n) is 3.98. The first kappa shape index (κ1) is 18.5. The molecule has 0 aliphatic rings. The summed E-state index contributed by atoms with van der Waals surface area (Å²) in [4.78, 5) is 16.4. The number of nitrogens with one attached hydrogen (secondary N) is 1. The lowest BCUT2D eigenvalue weighted by atomic mass is 10.3. The molecular weight excluding hydrogens is 373 g/mol. The summed E-state index contributed by atoms with van der Waals surface area (Å²) in [5.74, 6) is 1.22. The van der Waals surface area contributed by atoms with E-state index in [2.05, 4.69) is 20.9 Å². The third-order valence-corrected chi connectivity index (χ3v) is 4.51. The van der Waals surface area contributed by atoms with Crippen LogP contribution in [-0.4, -0.2) is 28.6 Å². The number of carbonyl (C=O) groups excluding carboxylic acids is 1. The molecule has 1 N–H and O–H groups in total. The molecule has 3 aromatic rings. The Kier molecular flexibility index (Phi) is 6.01. The van der Waals surface area contributed by atoms with Crippen LogP contribution >= 0.6 is 23.2 Å². The number of para-hydroxylation sites is 2. The molecule has 3 rings (SSSR count). The number of benzene rings is 2. The first-order valence-corrected chi connectivity index (χ1v) is 9.06. The summed E-state index contributed by atoms with van der Waals surface area (Å²) < 4.78 is 7.57. The van der Waals surface area contributed by atoms with Crippen molar-refractivity contribution < 1.29 is 9.53 Å². The predicted molar refractivity (Wildman–Crippen MR) is 104 cm³/mol. The number of amides is 1. The Morgan fingerprint density at radius 1 is 1.23 bits per heavy atom. The fraction of sp³-hybridized carbons (Fsp3) is 0.263. The number of nitrogens with zero attached hydrogens (tertiary/aromatic N) is 2. The van der Waals surface area contributed by atoms with Gasteiger partial charge in [0.1, 0.15) is 11.6 Å². The van der Waals surface area contributed by atoms with Gasteiger partial charge in [0.25, 0.3) is 5.91 Å². The summed E-state index contributed by atoms with van der Waals surface area (Å²) >= 11 is 11.8. The summed E-state index contributed by atoms with van der Waals surface area (Å²) in [5.41, 5.74) is 2.10. The van der Waals surface area contributed by atoms with Gasteiger partial charge < -0.3 is 14.6 Å². The molecule has 136 valence electrons. The van der Waals surface area contributed by atoms with Crippen LogP contribution in [0.5, 0.6) is 5.75 Å². The van der Waals surface area contributed by atoms with Gasteiger partial charge in [-0.05, 0) is 43.7 Å². The molecule has 26 heavy (non-hydrogen) atoms. The van der Waals surface area contributed by atoms with E-state index in [1.54, 1.807) is 18.2 Å². The van der Waals surface area contributed by atoms with Crippen molar-refractivity contribution in [1.29, 1.82) is 0 Å². The summed E-state index contributed by atoms with van der Waals surface area (Å²) in [7, 11) is 0. The summed E-state index contributed by atoms with van der Waals surface area (Å²) in [5, 5.41) is 3.75. The van der Waals surface area contributed by atoms with E-state index in [0.29, 0.717) is 22.3 Å². The average molecular weight is 392 g/mol. The van der Waals surface area contributed by atoms with Crippen molar-refractivity contribution in [1.82, 2.24) is 14.9 Å². The van der Waals surface area contributed by atoms with Crippen molar-refractivity contribution in [2.75, 3.05) is 13.2 Å². The molecule has 0 saturated carbocycles. The Balaban J connectivity index is 1.44. The number of rotatable bonds is 7. The van der Waals surface area contributed by atoms with Gasteiger partial charge in [0, 0.05) is 18.1 Å². The zero-order valence-corrected chi connectivity index (χ0v) is 15.8. The minimum Gasteiger partial charge on any atom is -0.482 e. The number of hydrogen-bond acceptors (Lipinski definition) is 3. The molecule has 0 saturated heterocycles. The average Bonchev–Trinajstić information content (AvgIpc) is 2.93. The van der Waals surface area contributed by atoms with Gasteiger partial charge in [0.2, 0.25) is 0 Å². The van der Waals surface area contributed by atoms with E-state index in [4.69, 9.17) is 27.9 Å². The summed E-state index contributed by atoms with van der Waals surface area (Å²) in [6.45, 7) is 3.25.